The van der Waals surface area contributed by atoms with Gasteiger partial charge in [-0.1, -0.05) is 12.8 Å². The van der Waals surface area contributed by atoms with Crippen molar-refractivity contribution in [3.63, 3.8) is 0 Å². The van der Waals surface area contributed by atoms with Gasteiger partial charge in [-0.25, -0.2) is 4.98 Å². The van der Waals surface area contributed by atoms with E-state index >= 15 is 0 Å². The zero-order valence-electron chi connectivity index (χ0n) is 10.9. The average Bonchev–Trinajstić information content (AvgIpc) is 2.76. The van der Waals surface area contributed by atoms with Gasteiger partial charge in [0.15, 0.2) is 0 Å². The molecule has 1 N–H and O–H groups in total. The van der Waals surface area contributed by atoms with Crippen molar-refractivity contribution >= 4 is 11.8 Å². The molecular weight excluding hydrogens is 230 g/mol. The highest BCUT2D eigenvalue weighted by molar-refractivity contribution is 7.99. The van der Waals surface area contributed by atoms with Crippen molar-refractivity contribution in [3.05, 3.63) is 18.2 Å². The number of hydrogen-bond acceptors (Lipinski definition) is 3. The van der Waals surface area contributed by atoms with Crippen molar-refractivity contribution in [1.29, 1.82) is 0 Å². The second-order valence-electron chi connectivity index (χ2n) is 4.79. The summed E-state index contributed by atoms with van der Waals surface area (Å²) in [6.45, 7) is 4.15. The first kappa shape index (κ1) is 13.0. The minimum atomic E-state index is 0.711. The van der Waals surface area contributed by atoms with Gasteiger partial charge in [-0.15, -0.1) is 0 Å². The van der Waals surface area contributed by atoms with E-state index in [0.717, 1.165) is 24.2 Å². The number of rotatable bonds is 5. The zero-order chi connectivity index (χ0) is 12.1. The molecular formula is C13H23N3S. The van der Waals surface area contributed by atoms with Crippen LogP contribution in [-0.2, 0) is 6.54 Å². The van der Waals surface area contributed by atoms with Crippen LogP contribution in [0.2, 0.25) is 0 Å². The molecule has 3 nitrogen and oxygen atoms in total. The van der Waals surface area contributed by atoms with Gasteiger partial charge in [0.05, 0.1) is 0 Å². The number of nitrogens with one attached hydrogen (secondary N) is 1. The van der Waals surface area contributed by atoms with E-state index in [0.29, 0.717) is 6.04 Å². The predicted molar refractivity (Wildman–Crippen MR) is 74.5 cm³/mol. The molecule has 0 radical (unpaired) electrons. The predicted octanol–water partition coefficient (Wildman–Crippen LogP) is 2.46. The molecule has 0 saturated heterocycles. The molecule has 0 amide bonds. The largest absolute Gasteiger partial charge is 0.334 e. The molecule has 0 spiro atoms. The molecule has 1 aliphatic rings. The third kappa shape index (κ3) is 3.49. The second-order valence-corrected chi connectivity index (χ2v) is 5.86. The first-order valence-corrected chi connectivity index (χ1v) is 7.84. The molecule has 1 aromatic rings. The molecule has 0 bridgehead atoms. The van der Waals surface area contributed by atoms with Gasteiger partial charge in [-0.2, -0.15) is 11.8 Å². The molecule has 1 aromatic heterocycles. The summed E-state index contributed by atoms with van der Waals surface area (Å²) in [6.07, 6.45) is 11.7. The van der Waals surface area contributed by atoms with E-state index < -0.39 is 0 Å². The summed E-state index contributed by atoms with van der Waals surface area (Å²) in [5, 5.41) is 4.53. The first-order chi connectivity index (χ1) is 8.31. The summed E-state index contributed by atoms with van der Waals surface area (Å²) in [5.74, 6) is 1.11. The van der Waals surface area contributed by atoms with Crippen LogP contribution in [0.3, 0.4) is 0 Å². The summed E-state index contributed by atoms with van der Waals surface area (Å²) in [6, 6.07) is 0.711. The minimum absolute atomic E-state index is 0.711. The van der Waals surface area contributed by atoms with Gasteiger partial charge in [-0.3, -0.25) is 0 Å². The number of aryl methyl sites for hydroxylation is 1. The van der Waals surface area contributed by atoms with Gasteiger partial charge in [0, 0.05) is 36.8 Å². The number of nitrogens with zero attached hydrogens (tertiary/aromatic N) is 2. The van der Waals surface area contributed by atoms with Gasteiger partial charge < -0.3 is 9.88 Å². The fourth-order valence-electron chi connectivity index (χ4n) is 2.62. The quantitative estimate of drug-likeness (QED) is 0.874. The monoisotopic (exact) mass is 253 g/mol. The molecule has 96 valence electrons. The summed E-state index contributed by atoms with van der Waals surface area (Å²) in [4.78, 5) is 4.24. The van der Waals surface area contributed by atoms with Crippen molar-refractivity contribution in [2.75, 3.05) is 12.8 Å². The lowest BCUT2D eigenvalue weighted by Crippen LogP contribution is -2.41. The van der Waals surface area contributed by atoms with Crippen LogP contribution in [0.15, 0.2) is 12.4 Å². The van der Waals surface area contributed by atoms with Gasteiger partial charge in [0.2, 0.25) is 0 Å². The van der Waals surface area contributed by atoms with E-state index in [1.54, 1.807) is 0 Å². The Bertz CT molecular complexity index is 337. The van der Waals surface area contributed by atoms with Crippen molar-refractivity contribution in [1.82, 2.24) is 14.9 Å². The van der Waals surface area contributed by atoms with Crippen LogP contribution in [0, 0.1) is 6.92 Å². The number of hydrogen-bond donors (Lipinski definition) is 1. The Labute approximate surface area is 108 Å². The maximum Gasteiger partial charge on any atom is 0.105 e. The van der Waals surface area contributed by atoms with Gasteiger partial charge in [-0.05, 0) is 26.0 Å². The van der Waals surface area contributed by atoms with Crippen molar-refractivity contribution in [2.24, 2.45) is 0 Å². The highest BCUT2D eigenvalue weighted by Gasteiger charge is 2.23. The Morgan fingerprint density at radius 2 is 2.29 bits per heavy atom. The molecule has 1 heterocycles. The molecule has 2 rings (SSSR count). The number of imidazole rings is 1. The van der Waals surface area contributed by atoms with Crippen LogP contribution in [0.5, 0.6) is 0 Å². The van der Waals surface area contributed by atoms with Gasteiger partial charge in [0.25, 0.3) is 0 Å². The van der Waals surface area contributed by atoms with Crippen LogP contribution in [0.25, 0.3) is 0 Å². The summed E-state index contributed by atoms with van der Waals surface area (Å²) in [7, 11) is 0. The van der Waals surface area contributed by atoms with E-state index in [1.165, 1.54) is 25.7 Å². The molecule has 4 heteroatoms. The van der Waals surface area contributed by atoms with E-state index in [-0.39, 0.29) is 0 Å². The highest BCUT2D eigenvalue weighted by atomic mass is 32.2. The van der Waals surface area contributed by atoms with Crippen LogP contribution in [0.4, 0.5) is 0 Å². The van der Waals surface area contributed by atoms with E-state index in [1.807, 2.05) is 18.0 Å². The SMILES string of the molecule is CSC1CCCCC1NCCn1ccnc1C. The lowest BCUT2D eigenvalue weighted by molar-refractivity contribution is 0.377. The highest BCUT2D eigenvalue weighted by Crippen LogP contribution is 2.26. The van der Waals surface area contributed by atoms with E-state index in [2.05, 4.69) is 34.2 Å². The Balaban J connectivity index is 1.75. The van der Waals surface area contributed by atoms with Crippen LogP contribution < -0.4 is 5.32 Å². The van der Waals surface area contributed by atoms with Crippen LogP contribution in [-0.4, -0.2) is 33.6 Å². The summed E-state index contributed by atoms with van der Waals surface area (Å²) >= 11 is 2.02. The zero-order valence-corrected chi connectivity index (χ0v) is 11.7. The maximum atomic E-state index is 4.24. The van der Waals surface area contributed by atoms with E-state index in [4.69, 9.17) is 0 Å². The van der Waals surface area contributed by atoms with E-state index in [9.17, 15) is 0 Å². The van der Waals surface area contributed by atoms with Gasteiger partial charge >= 0.3 is 0 Å². The first-order valence-electron chi connectivity index (χ1n) is 6.55. The minimum Gasteiger partial charge on any atom is -0.334 e. The topological polar surface area (TPSA) is 29.9 Å². The molecule has 0 aliphatic heterocycles. The Hall–Kier alpha value is -0.480. The lowest BCUT2D eigenvalue weighted by atomic mass is 9.95. The summed E-state index contributed by atoms with van der Waals surface area (Å²) < 4.78 is 2.21. The number of thioether (sulfide) groups is 1. The van der Waals surface area contributed by atoms with Crippen molar-refractivity contribution in [3.8, 4) is 0 Å². The van der Waals surface area contributed by atoms with Gasteiger partial charge in [0.1, 0.15) is 5.82 Å². The van der Waals surface area contributed by atoms with Crippen molar-refractivity contribution < 1.29 is 0 Å². The molecule has 1 fully saturated rings. The van der Waals surface area contributed by atoms with Crippen molar-refractivity contribution in [2.45, 2.75) is 50.4 Å². The Kier molecular flexibility index (Phi) is 4.92. The third-order valence-corrected chi connectivity index (χ3v) is 4.86. The molecule has 17 heavy (non-hydrogen) atoms. The summed E-state index contributed by atoms with van der Waals surface area (Å²) in [5.41, 5.74) is 0. The lowest BCUT2D eigenvalue weighted by Gasteiger charge is -2.31. The normalized spacial score (nSPS) is 25.1. The molecule has 0 aromatic carbocycles. The Morgan fingerprint density at radius 3 is 3.00 bits per heavy atom. The molecule has 1 aliphatic carbocycles. The third-order valence-electron chi connectivity index (χ3n) is 3.69. The van der Waals surface area contributed by atoms with Crippen LogP contribution >= 0.6 is 11.8 Å². The smallest absolute Gasteiger partial charge is 0.105 e. The van der Waals surface area contributed by atoms with Crippen LogP contribution in [0.1, 0.15) is 31.5 Å². The fraction of sp³-hybridized carbons (Fsp3) is 0.769. The molecule has 1 saturated carbocycles. The number of aromatic nitrogens is 2. The molecule has 2 unspecified atom stereocenters. The second kappa shape index (κ2) is 6.45. The molecule has 2 atom stereocenters. The standard InChI is InChI=1S/C13H23N3S/c1-11-14-7-9-16(11)10-8-15-12-5-3-4-6-13(12)17-2/h7,9,12-13,15H,3-6,8,10H2,1-2H3. The maximum absolute atomic E-state index is 4.24. The fourth-order valence-corrected chi connectivity index (χ4v) is 3.59. The Morgan fingerprint density at radius 1 is 1.47 bits per heavy atom. The average molecular weight is 253 g/mol.